The molecule has 1 atom stereocenters. The summed E-state index contributed by atoms with van der Waals surface area (Å²) in [7, 11) is 0. The van der Waals surface area contributed by atoms with Crippen LogP contribution in [0, 0.1) is 0 Å². The van der Waals surface area contributed by atoms with E-state index in [1.54, 1.807) is 0 Å². The van der Waals surface area contributed by atoms with Gasteiger partial charge in [0, 0.05) is 0 Å². The summed E-state index contributed by atoms with van der Waals surface area (Å²) >= 11 is 0. The molecular formula is C12H18. The number of hydrogen-bond donors (Lipinski definition) is 0. The Kier molecular flexibility index (Phi) is 3.86. The van der Waals surface area contributed by atoms with E-state index in [1.807, 2.05) is 0 Å². The molecule has 0 aliphatic rings. The van der Waals surface area contributed by atoms with Gasteiger partial charge in [0.25, 0.3) is 0 Å². The van der Waals surface area contributed by atoms with E-state index < -0.39 is 0 Å². The molecule has 1 aromatic carbocycles. The Morgan fingerprint density at radius 3 is 2.25 bits per heavy atom. The first-order chi connectivity index (χ1) is 5.88. The summed E-state index contributed by atoms with van der Waals surface area (Å²) in [4.78, 5) is 0. The quantitative estimate of drug-likeness (QED) is 0.628. The van der Waals surface area contributed by atoms with Crippen LogP contribution in [0.3, 0.4) is 0 Å². The van der Waals surface area contributed by atoms with Gasteiger partial charge in [0.2, 0.25) is 0 Å². The monoisotopic (exact) mass is 162 g/mol. The molecule has 0 aliphatic carbocycles. The standard InChI is InChI=1S/C12H18/c1-3-8-11(4-2)12-9-6-5-7-10-12/h5-7,9-11H,3-4,8H2,1-2H3/t11-/m0/s1. The zero-order chi connectivity index (χ0) is 8.81. The van der Waals surface area contributed by atoms with Crippen molar-refractivity contribution in [3.63, 3.8) is 0 Å². The second-order valence-corrected chi connectivity index (χ2v) is 3.30. The van der Waals surface area contributed by atoms with E-state index in [1.165, 1.54) is 24.8 Å². The molecule has 0 amide bonds. The fraction of sp³-hybridized carbons (Fsp3) is 0.500. The van der Waals surface area contributed by atoms with Gasteiger partial charge in [-0.25, -0.2) is 0 Å². The molecule has 0 heterocycles. The van der Waals surface area contributed by atoms with E-state index in [9.17, 15) is 0 Å². The largest absolute Gasteiger partial charge is 0.0654 e. The molecule has 1 aromatic rings. The molecule has 0 nitrogen and oxygen atoms in total. The molecular weight excluding hydrogens is 144 g/mol. The molecule has 12 heavy (non-hydrogen) atoms. The Hall–Kier alpha value is -0.780. The van der Waals surface area contributed by atoms with Crippen LogP contribution in [0.4, 0.5) is 0 Å². The summed E-state index contributed by atoms with van der Waals surface area (Å²) in [5.74, 6) is 0.774. The lowest BCUT2D eigenvalue weighted by atomic mass is 9.92. The van der Waals surface area contributed by atoms with E-state index in [0.29, 0.717) is 0 Å². The third-order valence-electron chi connectivity index (χ3n) is 2.40. The van der Waals surface area contributed by atoms with Gasteiger partial charge in [-0.05, 0) is 24.3 Å². The van der Waals surface area contributed by atoms with E-state index in [2.05, 4.69) is 44.2 Å². The summed E-state index contributed by atoms with van der Waals surface area (Å²) in [5, 5.41) is 0. The minimum atomic E-state index is 0.774. The van der Waals surface area contributed by atoms with Gasteiger partial charge in [-0.2, -0.15) is 0 Å². The molecule has 66 valence electrons. The highest BCUT2D eigenvalue weighted by Crippen LogP contribution is 2.23. The molecule has 0 saturated carbocycles. The van der Waals surface area contributed by atoms with Crippen LogP contribution in [0.15, 0.2) is 30.3 Å². The number of hydrogen-bond acceptors (Lipinski definition) is 0. The summed E-state index contributed by atoms with van der Waals surface area (Å²) < 4.78 is 0. The fourth-order valence-corrected chi connectivity index (χ4v) is 1.68. The molecule has 0 bridgehead atoms. The molecule has 0 radical (unpaired) electrons. The lowest BCUT2D eigenvalue weighted by Crippen LogP contribution is -1.95. The fourth-order valence-electron chi connectivity index (χ4n) is 1.68. The van der Waals surface area contributed by atoms with Crippen molar-refractivity contribution >= 4 is 0 Å². The van der Waals surface area contributed by atoms with Crippen LogP contribution in [0.5, 0.6) is 0 Å². The first kappa shape index (κ1) is 9.31. The molecule has 0 heteroatoms. The van der Waals surface area contributed by atoms with Gasteiger partial charge in [-0.15, -0.1) is 0 Å². The Labute approximate surface area is 75.6 Å². The third kappa shape index (κ3) is 2.37. The normalized spacial score (nSPS) is 12.8. The van der Waals surface area contributed by atoms with Crippen molar-refractivity contribution in [3.8, 4) is 0 Å². The number of rotatable bonds is 4. The van der Waals surface area contributed by atoms with Gasteiger partial charge >= 0.3 is 0 Å². The van der Waals surface area contributed by atoms with Crippen LogP contribution in [0.25, 0.3) is 0 Å². The number of benzene rings is 1. The first-order valence-corrected chi connectivity index (χ1v) is 4.93. The molecule has 0 fully saturated rings. The summed E-state index contributed by atoms with van der Waals surface area (Å²) in [6.45, 7) is 4.53. The average Bonchev–Trinajstić information content (AvgIpc) is 2.15. The zero-order valence-corrected chi connectivity index (χ0v) is 8.09. The van der Waals surface area contributed by atoms with Crippen molar-refractivity contribution in [1.82, 2.24) is 0 Å². The van der Waals surface area contributed by atoms with E-state index >= 15 is 0 Å². The average molecular weight is 162 g/mol. The van der Waals surface area contributed by atoms with Crippen molar-refractivity contribution in [2.24, 2.45) is 0 Å². The van der Waals surface area contributed by atoms with Crippen molar-refractivity contribution in [1.29, 1.82) is 0 Å². The van der Waals surface area contributed by atoms with Crippen LogP contribution >= 0.6 is 0 Å². The van der Waals surface area contributed by atoms with Gasteiger partial charge in [0.1, 0.15) is 0 Å². The highest BCUT2D eigenvalue weighted by molar-refractivity contribution is 5.19. The molecule has 0 unspecified atom stereocenters. The van der Waals surface area contributed by atoms with Gasteiger partial charge in [0.05, 0.1) is 0 Å². The van der Waals surface area contributed by atoms with Crippen LogP contribution < -0.4 is 0 Å². The first-order valence-electron chi connectivity index (χ1n) is 4.93. The predicted octanol–water partition coefficient (Wildman–Crippen LogP) is 3.98. The Bertz CT molecular complexity index is 201. The maximum atomic E-state index is 2.27. The van der Waals surface area contributed by atoms with Gasteiger partial charge in [-0.3, -0.25) is 0 Å². The maximum absolute atomic E-state index is 2.27. The molecule has 0 saturated heterocycles. The second kappa shape index (κ2) is 4.97. The van der Waals surface area contributed by atoms with Gasteiger partial charge in [0.15, 0.2) is 0 Å². The maximum Gasteiger partial charge on any atom is -0.0165 e. The molecule has 0 spiro atoms. The SMILES string of the molecule is CCC[C@H](CC)c1ccccc1. The van der Waals surface area contributed by atoms with Crippen LogP contribution in [-0.4, -0.2) is 0 Å². The predicted molar refractivity (Wildman–Crippen MR) is 54.4 cm³/mol. The summed E-state index contributed by atoms with van der Waals surface area (Å²) in [6, 6.07) is 10.8. The van der Waals surface area contributed by atoms with E-state index in [-0.39, 0.29) is 0 Å². The lowest BCUT2D eigenvalue weighted by Gasteiger charge is -2.13. The van der Waals surface area contributed by atoms with E-state index in [4.69, 9.17) is 0 Å². The molecule has 1 rings (SSSR count). The highest BCUT2D eigenvalue weighted by Gasteiger charge is 2.05. The smallest absolute Gasteiger partial charge is 0.0165 e. The van der Waals surface area contributed by atoms with Gasteiger partial charge < -0.3 is 0 Å². The van der Waals surface area contributed by atoms with Crippen molar-refractivity contribution in [2.45, 2.75) is 39.0 Å². The zero-order valence-electron chi connectivity index (χ0n) is 8.09. The highest BCUT2D eigenvalue weighted by atomic mass is 14.1. The molecule has 0 aliphatic heterocycles. The van der Waals surface area contributed by atoms with Crippen molar-refractivity contribution < 1.29 is 0 Å². The molecule has 0 aromatic heterocycles. The Morgan fingerprint density at radius 2 is 1.75 bits per heavy atom. The minimum Gasteiger partial charge on any atom is -0.0654 e. The van der Waals surface area contributed by atoms with Crippen LogP contribution in [0.2, 0.25) is 0 Å². The lowest BCUT2D eigenvalue weighted by molar-refractivity contribution is 0.596. The topological polar surface area (TPSA) is 0 Å². The summed E-state index contributed by atoms with van der Waals surface area (Å²) in [5.41, 5.74) is 1.50. The van der Waals surface area contributed by atoms with Gasteiger partial charge in [-0.1, -0.05) is 50.6 Å². The Balaban J connectivity index is 2.66. The minimum absolute atomic E-state index is 0.774. The van der Waals surface area contributed by atoms with Crippen molar-refractivity contribution in [3.05, 3.63) is 35.9 Å². The van der Waals surface area contributed by atoms with Crippen molar-refractivity contribution in [2.75, 3.05) is 0 Å². The molecule has 0 N–H and O–H groups in total. The Morgan fingerprint density at radius 1 is 1.08 bits per heavy atom. The van der Waals surface area contributed by atoms with Crippen LogP contribution in [0.1, 0.15) is 44.6 Å². The summed E-state index contributed by atoms with van der Waals surface area (Å²) in [6.07, 6.45) is 3.87. The second-order valence-electron chi connectivity index (χ2n) is 3.30. The van der Waals surface area contributed by atoms with Crippen LogP contribution in [-0.2, 0) is 0 Å². The van der Waals surface area contributed by atoms with E-state index in [0.717, 1.165) is 5.92 Å². The third-order valence-corrected chi connectivity index (χ3v) is 2.40.